The minimum Gasteiger partial charge on any atom is -0.492 e. The Morgan fingerprint density at radius 1 is 1.14 bits per heavy atom. The number of nitrogens with two attached hydrogens (primary N) is 1. The molecule has 0 aliphatic carbocycles. The first-order valence-electron chi connectivity index (χ1n) is 6.80. The van der Waals surface area contributed by atoms with Crippen molar-refractivity contribution < 1.29 is 13.2 Å². The number of sulfonamides is 1. The van der Waals surface area contributed by atoms with E-state index in [0.717, 1.165) is 16.5 Å². The summed E-state index contributed by atoms with van der Waals surface area (Å²) in [6.45, 7) is 3.16. The first-order chi connectivity index (χ1) is 9.95. The molecule has 2 aromatic carbocycles. The molecular weight excluding hydrogens is 288 g/mol. The second-order valence-corrected chi connectivity index (χ2v) is 6.66. The molecular formula is C15H20N2O3S. The summed E-state index contributed by atoms with van der Waals surface area (Å²) in [6, 6.07) is 11.3. The van der Waals surface area contributed by atoms with Gasteiger partial charge in [0.15, 0.2) is 0 Å². The SMILES string of the molecule is CCN(c1ccc2cc(OCCN)ccc2c1)S(C)(=O)=O. The largest absolute Gasteiger partial charge is 0.492 e. The Morgan fingerprint density at radius 2 is 1.81 bits per heavy atom. The van der Waals surface area contributed by atoms with E-state index in [9.17, 15) is 8.42 Å². The molecule has 0 aliphatic heterocycles. The van der Waals surface area contributed by atoms with Gasteiger partial charge in [-0.05, 0) is 42.0 Å². The molecule has 0 saturated carbocycles. The highest BCUT2D eigenvalue weighted by molar-refractivity contribution is 7.92. The molecule has 21 heavy (non-hydrogen) atoms. The molecule has 0 unspecified atom stereocenters. The van der Waals surface area contributed by atoms with Gasteiger partial charge in [-0.15, -0.1) is 0 Å². The molecule has 2 N–H and O–H groups in total. The van der Waals surface area contributed by atoms with Crippen LogP contribution in [-0.2, 0) is 10.0 Å². The Morgan fingerprint density at radius 3 is 2.43 bits per heavy atom. The van der Waals surface area contributed by atoms with E-state index < -0.39 is 10.0 Å². The van der Waals surface area contributed by atoms with Crippen LogP contribution in [0.15, 0.2) is 36.4 Å². The van der Waals surface area contributed by atoms with Crippen molar-refractivity contribution in [1.29, 1.82) is 0 Å². The van der Waals surface area contributed by atoms with Gasteiger partial charge in [0, 0.05) is 13.1 Å². The van der Waals surface area contributed by atoms with Crippen LogP contribution in [-0.4, -0.2) is 34.4 Å². The lowest BCUT2D eigenvalue weighted by molar-refractivity contribution is 0.329. The van der Waals surface area contributed by atoms with Crippen molar-refractivity contribution in [1.82, 2.24) is 0 Å². The summed E-state index contributed by atoms with van der Waals surface area (Å²) in [4.78, 5) is 0. The fourth-order valence-electron chi connectivity index (χ4n) is 2.24. The maximum atomic E-state index is 11.8. The summed E-state index contributed by atoms with van der Waals surface area (Å²) in [5, 5.41) is 1.97. The van der Waals surface area contributed by atoms with E-state index >= 15 is 0 Å². The third-order valence-electron chi connectivity index (χ3n) is 3.16. The smallest absolute Gasteiger partial charge is 0.232 e. The minimum atomic E-state index is -3.26. The summed E-state index contributed by atoms with van der Waals surface area (Å²) in [5.41, 5.74) is 6.08. The lowest BCUT2D eigenvalue weighted by Gasteiger charge is -2.20. The third-order valence-corrected chi connectivity index (χ3v) is 4.43. The monoisotopic (exact) mass is 308 g/mol. The zero-order valence-electron chi connectivity index (χ0n) is 12.2. The van der Waals surface area contributed by atoms with Gasteiger partial charge < -0.3 is 10.5 Å². The predicted octanol–water partition coefficient (Wildman–Crippen LogP) is 1.96. The molecule has 0 aliphatic rings. The maximum absolute atomic E-state index is 11.8. The Balaban J connectivity index is 2.38. The molecule has 114 valence electrons. The number of anilines is 1. The van der Waals surface area contributed by atoms with E-state index in [2.05, 4.69) is 0 Å². The Hall–Kier alpha value is -1.79. The van der Waals surface area contributed by atoms with Gasteiger partial charge in [0.1, 0.15) is 12.4 Å². The van der Waals surface area contributed by atoms with Crippen LogP contribution in [0.5, 0.6) is 5.75 Å². The molecule has 2 rings (SSSR count). The highest BCUT2D eigenvalue weighted by Crippen LogP contribution is 2.26. The van der Waals surface area contributed by atoms with E-state index in [4.69, 9.17) is 10.5 Å². The number of benzene rings is 2. The minimum absolute atomic E-state index is 0.405. The lowest BCUT2D eigenvalue weighted by Crippen LogP contribution is -2.29. The fraction of sp³-hybridized carbons (Fsp3) is 0.333. The fourth-order valence-corrected chi connectivity index (χ4v) is 3.21. The number of hydrogen-bond donors (Lipinski definition) is 1. The summed E-state index contributed by atoms with van der Waals surface area (Å²) >= 11 is 0. The molecule has 2 aromatic rings. The maximum Gasteiger partial charge on any atom is 0.232 e. The molecule has 0 aromatic heterocycles. The Kier molecular flexibility index (Phi) is 4.69. The Labute approximate surface area is 125 Å². The van der Waals surface area contributed by atoms with Crippen LogP contribution in [0, 0.1) is 0 Å². The van der Waals surface area contributed by atoms with Crippen LogP contribution in [0.1, 0.15) is 6.92 Å². The van der Waals surface area contributed by atoms with Crippen molar-refractivity contribution in [3.63, 3.8) is 0 Å². The third kappa shape index (κ3) is 3.65. The van der Waals surface area contributed by atoms with Crippen molar-refractivity contribution >= 4 is 26.5 Å². The molecule has 0 fully saturated rings. The van der Waals surface area contributed by atoms with Crippen molar-refractivity contribution in [3.8, 4) is 5.75 Å². The van der Waals surface area contributed by atoms with Crippen molar-refractivity contribution in [2.45, 2.75) is 6.92 Å². The molecule has 5 nitrogen and oxygen atoms in total. The molecule has 0 atom stereocenters. The quantitative estimate of drug-likeness (QED) is 0.885. The molecule has 6 heteroatoms. The lowest BCUT2D eigenvalue weighted by atomic mass is 10.1. The summed E-state index contributed by atoms with van der Waals surface area (Å²) < 4.78 is 30.4. The van der Waals surface area contributed by atoms with Gasteiger partial charge in [-0.1, -0.05) is 12.1 Å². The normalized spacial score (nSPS) is 11.6. The van der Waals surface area contributed by atoms with Gasteiger partial charge in [-0.3, -0.25) is 4.31 Å². The molecule has 0 amide bonds. The first kappa shape index (κ1) is 15.6. The van der Waals surface area contributed by atoms with Crippen LogP contribution in [0.25, 0.3) is 10.8 Å². The summed E-state index contributed by atoms with van der Waals surface area (Å²) in [5.74, 6) is 0.760. The second kappa shape index (κ2) is 6.32. The highest BCUT2D eigenvalue weighted by atomic mass is 32.2. The topological polar surface area (TPSA) is 72.6 Å². The van der Waals surface area contributed by atoms with Crippen molar-refractivity contribution in [2.75, 3.05) is 30.3 Å². The first-order valence-corrected chi connectivity index (χ1v) is 8.65. The standard InChI is InChI=1S/C15H20N2O3S/c1-3-17(21(2,18)19)14-6-4-13-11-15(20-9-8-16)7-5-12(13)10-14/h4-7,10-11H,3,8-9,16H2,1-2H3. The summed E-state index contributed by atoms with van der Waals surface area (Å²) in [6.07, 6.45) is 1.21. The van der Waals surface area contributed by atoms with Gasteiger partial charge in [0.2, 0.25) is 10.0 Å². The van der Waals surface area contributed by atoms with E-state index in [0.29, 0.717) is 25.4 Å². The number of hydrogen-bond acceptors (Lipinski definition) is 4. The van der Waals surface area contributed by atoms with Crippen molar-refractivity contribution in [2.24, 2.45) is 5.73 Å². The predicted molar refractivity (Wildman–Crippen MR) is 86.4 cm³/mol. The van der Waals surface area contributed by atoms with Crippen LogP contribution >= 0.6 is 0 Å². The number of rotatable bonds is 6. The summed E-state index contributed by atoms with van der Waals surface area (Å²) in [7, 11) is -3.26. The van der Waals surface area contributed by atoms with Gasteiger partial charge in [-0.2, -0.15) is 0 Å². The van der Waals surface area contributed by atoms with Gasteiger partial charge >= 0.3 is 0 Å². The zero-order chi connectivity index (χ0) is 15.5. The highest BCUT2D eigenvalue weighted by Gasteiger charge is 2.15. The van der Waals surface area contributed by atoms with Gasteiger partial charge in [-0.25, -0.2) is 8.42 Å². The van der Waals surface area contributed by atoms with Gasteiger partial charge in [0.05, 0.1) is 11.9 Å². The molecule has 0 saturated heterocycles. The molecule has 0 heterocycles. The van der Waals surface area contributed by atoms with Crippen LogP contribution in [0.4, 0.5) is 5.69 Å². The van der Waals surface area contributed by atoms with E-state index in [-0.39, 0.29) is 0 Å². The average molecular weight is 308 g/mol. The van der Waals surface area contributed by atoms with E-state index in [1.807, 2.05) is 37.3 Å². The molecule has 0 bridgehead atoms. The number of fused-ring (bicyclic) bond motifs is 1. The zero-order valence-corrected chi connectivity index (χ0v) is 13.1. The molecule has 0 radical (unpaired) electrons. The van der Waals surface area contributed by atoms with Crippen LogP contribution < -0.4 is 14.8 Å². The van der Waals surface area contributed by atoms with Crippen molar-refractivity contribution in [3.05, 3.63) is 36.4 Å². The van der Waals surface area contributed by atoms with Crippen LogP contribution in [0.3, 0.4) is 0 Å². The number of nitrogens with zero attached hydrogens (tertiary/aromatic N) is 1. The Bertz CT molecular complexity index is 729. The van der Waals surface area contributed by atoms with Gasteiger partial charge in [0.25, 0.3) is 0 Å². The average Bonchev–Trinajstić information content (AvgIpc) is 2.44. The van der Waals surface area contributed by atoms with E-state index in [1.54, 1.807) is 6.07 Å². The number of ether oxygens (including phenoxy) is 1. The van der Waals surface area contributed by atoms with E-state index in [1.165, 1.54) is 10.6 Å². The second-order valence-electron chi connectivity index (χ2n) is 4.76. The van der Waals surface area contributed by atoms with Crippen LogP contribution in [0.2, 0.25) is 0 Å². The molecule has 0 spiro atoms.